The van der Waals surface area contributed by atoms with Gasteiger partial charge in [0.1, 0.15) is 0 Å². The fourth-order valence-electron chi connectivity index (χ4n) is 3.04. The van der Waals surface area contributed by atoms with E-state index in [2.05, 4.69) is 6.92 Å². The van der Waals surface area contributed by atoms with Crippen LogP contribution in [0.1, 0.15) is 32.6 Å². The summed E-state index contributed by atoms with van der Waals surface area (Å²) in [7, 11) is -2.74. The van der Waals surface area contributed by atoms with Crippen LogP contribution in [0.3, 0.4) is 0 Å². The molecule has 1 heterocycles. The number of rotatable bonds is 1. The molecule has 4 heteroatoms. The molecule has 0 radical (unpaired) electrons. The highest BCUT2D eigenvalue weighted by Gasteiger charge is 2.39. The Morgan fingerprint density at radius 1 is 1.20 bits per heavy atom. The van der Waals surface area contributed by atoms with Gasteiger partial charge in [0, 0.05) is 5.38 Å². The third-order valence-corrected chi connectivity index (χ3v) is 6.28. The molecule has 2 fully saturated rings. The van der Waals surface area contributed by atoms with E-state index in [9.17, 15) is 8.42 Å². The third-order valence-electron chi connectivity index (χ3n) is 3.95. The summed E-state index contributed by atoms with van der Waals surface area (Å²) in [5, 5.41) is 0.208. The van der Waals surface area contributed by atoms with Gasteiger partial charge in [-0.05, 0) is 43.4 Å². The standard InChI is InChI=1S/C11H19ClO2S/c1-8-2-3-11(12)10(6-8)9-4-5-15(13,14)7-9/h8-11H,2-7H2,1H3. The Bertz CT molecular complexity index is 325. The van der Waals surface area contributed by atoms with Crippen molar-refractivity contribution in [2.24, 2.45) is 17.8 Å². The van der Waals surface area contributed by atoms with E-state index in [0.717, 1.165) is 19.3 Å². The van der Waals surface area contributed by atoms with Crippen molar-refractivity contribution in [2.75, 3.05) is 11.5 Å². The Labute approximate surface area is 97.3 Å². The molecule has 0 N–H and O–H groups in total. The van der Waals surface area contributed by atoms with E-state index in [1.54, 1.807) is 0 Å². The Hall–Kier alpha value is 0.240. The molecule has 1 aliphatic heterocycles. The van der Waals surface area contributed by atoms with Crippen LogP contribution in [0.25, 0.3) is 0 Å². The number of hydrogen-bond acceptors (Lipinski definition) is 2. The predicted octanol–water partition coefficient (Wildman–Crippen LogP) is 2.46. The molecule has 0 spiro atoms. The van der Waals surface area contributed by atoms with Gasteiger partial charge in [-0.25, -0.2) is 8.42 Å². The Balaban J connectivity index is 2.03. The monoisotopic (exact) mass is 250 g/mol. The van der Waals surface area contributed by atoms with Crippen LogP contribution in [-0.4, -0.2) is 25.3 Å². The molecular weight excluding hydrogens is 232 g/mol. The SMILES string of the molecule is CC1CCC(Cl)C(C2CCS(=O)(=O)C2)C1. The topological polar surface area (TPSA) is 34.1 Å². The van der Waals surface area contributed by atoms with E-state index >= 15 is 0 Å². The van der Waals surface area contributed by atoms with E-state index in [1.807, 2.05) is 0 Å². The maximum atomic E-state index is 11.4. The first kappa shape index (κ1) is 11.7. The summed E-state index contributed by atoms with van der Waals surface area (Å²) in [5.41, 5.74) is 0. The van der Waals surface area contributed by atoms with Crippen molar-refractivity contribution >= 4 is 21.4 Å². The van der Waals surface area contributed by atoms with Gasteiger partial charge in [-0.15, -0.1) is 11.6 Å². The molecule has 0 bridgehead atoms. The smallest absolute Gasteiger partial charge is 0.150 e. The highest BCUT2D eigenvalue weighted by atomic mass is 35.5. The van der Waals surface area contributed by atoms with Gasteiger partial charge in [0.15, 0.2) is 9.84 Å². The highest BCUT2D eigenvalue weighted by Crippen LogP contribution is 2.40. The van der Waals surface area contributed by atoms with Gasteiger partial charge in [-0.1, -0.05) is 6.92 Å². The van der Waals surface area contributed by atoms with Gasteiger partial charge in [0.25, 0.3) is 0 Å². The number of halogens is 1. The van der Waals surface area contributed by atoms with E-state index in [1.165, 1.54) is 6.42 Å². The Morgan fingerprint density at radius 2 is 1.93 bits per heavy atom. The summed E-state index contributed by atoms with van der Waals surface area (Å²) in [6, 6.07) is 0. The first-order valence-electron chi connectivity index (χ1n) is 5.82. The molecule has 4 atom stereocenters. The largest absolute Gasteiger partial charge is 0.229 e. The molecule has 88 valence electrons. The lowest BCUT2D eigenvalue weighted by atomic mass is 9.75. The molecule has 2 aliphatic rings. The van der Waals surface area contributed by atoms with Gasteiger partial charge in [-0.3, -0.25) is 0 Å². The van der Waals surface area contributed by atoms with Crippen LogP contribution in [0.15, 0.2) is 0 Å². The summed E-state index contributed by atoms with van der Waals surface area (Å²) in [5.74, 6) is 2.25. The van der Waals surface area contributed by atoms with Gasteiger partial charge in [0.05, 0.1) is 11.5 Å². The second-order valence-corrected chi connectivity index (χ2v) is 8.05. The average molecular weight is 251 g/mol. The van der Waals surface area contributed by atoms with Crippen LogP contribution >= 0.6 is 11.6 Å². The van der Waals surface area contributed by atoms with Crippen molar-refractivity contribution in [2.45, 2.75) is 38.0 Å². The molecule has 1 saturated heterocycles. The van der Waals surface area contributed by atoms with E-state index < -0.39 is 9.84 Å². The van der Waals surface area contributed by atoms with Gasteiger partial charge in [0.2, 0.25) is 0 Å². The quantitative estimate of drug-likeness (QED) is 0.670. The van der Waals surface area contributed by atoms with Gasteiger partial charge >= 0.3 is 0 Å². The van der Waals surface area contributed by atoms with E-state index in [-0.39, 0.29) is 5.38 Å². The molecule has 0 aromatic carbocycles. The Morgan fingerprint density at radius 3 is 2.53 bits per heavy atom. The maximum absolute atomic E-state index is 11.4. The van der Waals surface area contributed by atoms with Crippen molar-refractivity contribution in [3.63, 3.8) is 0 Å². The zero-order valence-corrected chi connectivity index (χ0v) is 10.7. The van der Waals surface area contributed by atoms with Crippen LogP contribution < -0.4 is 0 Å². The summed E-state index contributed by atoms with van der Waals surface area (Å²) >= 11 is 6.33. The zero-order chi connectivity index (χ0) is 11.1. The van der Waals surface area contributed by atoms with Gasteiger partial charge < -0.3 is 0 Å². The average Bonchev–Trinajstić information content (AvgIpc) is 2.50. The minimum atomic E-state index is -2.74. The molecule has 0 amide bonds. The second-order valence-electron chi connectivity index (χ2n) is 5.26. The minimum absolute atomic E-state index is 0.208. The molecule has 2 rings (SSSR count). The number of hydrogen-bond donors (Lipinski definition) is 0. The zero-order valence-electron chi connectivity index (χ0n) is 9.15. The fourth-order valence-corrected chi connectivity index (χ4v) is 5.37. The molecule has 0 aromatic heterocycles. The molecule has 1 aliphatic carbocycles. The normalized spacial score (nSPS) is 45.5. The molecule has 4 unspecified atom stereocenters. The third kappa shape index (κ3) is 2.68. The van der Waals surface area contributed by atoms with Crippen molar-refractivity contribution in [3.8, 4) is 0 Å². The predicted molar refractivity (Wildman–Crippen MR) is 62.9 cm³/mol. The first-order chi connectivity index (χ1) is 6.98. The fraction of sp³-hybridized carbons (Fsp3) is 1.00. The van der Waals surface area contributed by atoms with Crippen molar-refractivity contribution in [1.29, 1.82) is 0 Å². The lowest BCUT2D eigenvalue weighted by Crippen LogP contribution is -2.31. The molecule has 2 nitrogen and oxygen atoms in total. The maximum Gasteiger partial charge on any atom is 0.150 e. The first-order valence-corrected chi connectivity index (χ1v) is 8.08. The Kier molecular flexibility index (Phi) is 3.32. The molecule has 0 aromatic rings. The van der Waals surface area contributed by atoms with Crippen LogP contribution in [0, 0.1) is 17.8 Å². The summed E-state index contributed by atoms with van der Waals surface area (Å²) in [6.45, 7) is 2.25. The molecule has 1 saturated carbocycles. The molecular formula is C11H19ClO2S. The minimum Gasteiger partial charge on any atom is -0.229 e. The summed E-state index contributed by atoms with van der Waals surface area (Å²) < 4.78 is 22.9. The second kappa shape index (κ2) is 4.25. The number of alkyl halides is 1. The molecule has 15 heavy (non-hydrogen) atoms. The number of sulfone groups is 1. The van der Waals surface area contributed by atoms with Crippen molar-refractivity contribution in [3.05, 3.63) is 0 Å². The lowest BCUT2D eigenvalue weighted by molar-refractivity contribution is 0.224. The van der Waals surface area contributed by atoms with Gasteiger partial charge in [-0.2, -0.15) is 0 Å². The van der Waals surface area contributed by atoms with Crippen LogP contribution in [0.4, 0.5) is 0 Å². The summed E-state index contributed by atoms with van der Waals surface area (Å²) in [4.78, 5) is 0. The van der Waals surface area contributed by atoms with E-state index in [0.29, 0.717) is 29.3 Å². The highest BCUT2D eigenvalue weighted by molar-refractivity contribution is 7.91. The van der Waals surface area contributed by atoms with E-state index in [4.69, 9.17) is 11.6 Å². The summed E-state index contributed by atoms with van der Waals surface area (Å²) in [6.07, 6.45) is 4.21. The van der Waals surface area contributed by atoms with Crippen LogP contribution in [-0.2, 0) is 9.84 Å². The van der Waals surface area contributed by atoms with Crippen LogP contribution in [0.5, 0.6) is 0 Å². The van der Waals surface area contributed by atoms with Crippen molar-refractivity contribution < 1.29 is 8.42 Å². The van der Waals surface area contributed by atoms with Crippen molar-refractivity contribution in [1.82, 2.24) is 0 Å². The van der Waals surface area contributed by atoms with Crippen LogP contribution in [0.2, 0.25) is 0 Å². The lowest BCUT2D eigenvalue weighted by Gasteiger charge is -2.34.